The summed E-state index contributed by atoms with van der Waals surface area (Å²) in [7, 11) is 1.82. The van der Waals surface area contributed by atoms with E-state index in [9.17, 15) is 4.79 Å². The van der Waals surface area contributed by atoms with Gasteiger partial charge in [-0.05, 0) is 20.3 Å². The summed E-state index contributed by atoms with van der Waals surface area (Å²) in [5.74, 6) is 1.50. The molecule has 19 heavy (non-hydrogen) atoms. The summed E-state index contributed by atoms with van der Waals surface area (Å²) in [6.07, 6.45) is 2.97. The zero-order valence-electron chi connectivity index (χ0n) is 11.6. The van der Waals surface area contributed by atoms with E-state index in [-0.39, 0.29) is 18.1 Å². The molecule has 104 valence electrons. The van der Waals surface area contributed by atoms with Crippen molar-refractivity contribution in [2.75, 3.05) is 18.9 Å². The first kappa shape index (κ1) is 13.6. The first-order chi connectivity index (χ1) is 9.04. The number of ether oxygens (including phenoxy) is 1. The first-order valence-corrected chi connectivity index (χ1v) is 6.54. The average molecular weight is 264 g/mol. The fourth-order valence-electron chi connectivity index (χ4n) is 2.06. The molecule has 0 spiro atoms. The van der Waals surface area contributed by atoms with Gasteiger partial charge < -0.3 is 15.0 Å². The molecule has 2 heterocycles. The number of carbonyl (C=O) groups excluding carboxylic acids is 1. The lowest BCUT2D eigenvalue weighted by Crippen LogP contribution is -2.43. The van der Waals surface area contributed by atoms with E-state index >= 15 is 0 Å². The summed E-state index contributed by atoms with van der Waals surface area (Å²) in [6.45, 7) is 4.61. The molecule has 1 aromatic rings. The maximum atomic E-state index is 11.4. The first-order valence-electron chi connectivity index (χ1n) is 6.54. The van der Waals surface area contributed by atoms with E-state index in [2.05, 4.69) is 15.3 Å². The molecule has 1 aromatic heterocycles. The minimum atomic E-state index is 0.0844. The molecule has 1 amide bonds. The van der Waals surface area contributed by atoms with Crippen molar-refractivity contribution >= 4 is 11.7 Å². The van der Waals surface area contributed by atoms with Gasteiger partial charge in [-0.25, -0.2) is 9.97 Å². The number of likely N-dealkylation sites (tertiary alicyclic amines) is 1. The Kier molecular flexibility index (Phi) is 4.19. The minimum absolute atomic E-state index is 0.0844. The van der Waals surface area contributed by atoms with Gasteiger partial charge in [-0.3, -0.25) is 4.79 Å². The van der Waals surface area contributed by atoms with Gasteiger partial charge in [0.25, 0.3) is 0 Å². The summed E-state index contributed by atoms with van der Waals surface area (Å²) in [6, 6.07) is 2.01. The maximum Gasteiger partial charge on any atom is 0.222 e. The van der Waals surface area contributed by atoms with Gasteiger partial charge in [0, 0.05) is 32.1 Å². The monoisotopic (exact) mass is 264 g/mol. The lowest BCUT2D eigenvalue weighted by Gasteiger charge is -2.30. The molecule has 0 aliphatic carbocycles. The normalized spacial score (nSPS) is 19.7. The van der Waals surface area contributed by atoms with Crippen LogP contribution in [0.15, 0.2) is 12.4 Å². The molecular weight excluding hydrogens is 244 g/mol. The number of piperidine rings is 1. The van der Waals surface area contributed by atoms with Crippen LogP contribution in [0, 0.1) is 0 Å². The molecule has 6 nitrogen and oxygen atoms in total. The number of hydrogen-bond acceptors (Lipinski definition) is 5. The van der Waals surface area contributed by atoms with Crippen LogP contribution in [0.4, 0.5) is 5.82 Å². The van der Waals surface area contributed by atoms with Gasteiger partial charge in [0.1, 0.15) is 12.1 Å². The van der Waals surface area contributed by atoms with Crippen molar-refractivity contribution in [1.82, 2.24) is 14.9 Å². The van der Waals surface area contributed by atoms with E-state index in [1.165, 1.54) is 6.33 Å². The summed E-state index contributed by atoms with van der Waals surface area (Å²) < 4.78 is 5.53. The van der Waals surface area contributed by atoms with Crippen LogP contribution < -0.4 is 10.1 Å². The van der Waals surface area contributed by atoms with Crippen molar-refractivity contribution in [2.45, 2.75) is 38.8 Å². The Balaban J connectivity index is 1.97. The summed E-state index contributed by atoms with van der Waals surface area (Å²) in [5, 5.41) is 3.32. The van der Waals surface area contributed by atoms with E-state index < -0.39 is 0 Å². The Bertz CT molecular complexity index is 450. The van der Waals surface area contributed by atoms with Gasteiger partial charge in [-0.1, -0.05) is 0 Å². The molecule has 1 N–H and O–H groups in total. The summed E-state index contributed by atoms with van der Waals surface area (Å²) in [5.41, 5.74) is 0. The zero-order chi connectivity index (χ0) is 13.8. The van der Waals surface area contributed by atoms with Gasteiger partial charge in [0.05, 0.1) is 6.10 Å². The van der Waals surface area contributed by atoms with Crippen molar-refractivity contribution in [3.63, 3.8) is 0 Å². The average Bonchev–Trinajstić information content (AvgIpc) is 2.33. The molecule has 0 saturated carbocycles. The van der Waals surface area contributed by atoms with E-state index in [1.54, 1.807) is 11.0 Å². The third-order valence-corrected chi connectivity index (χ3v) is 2.98. The Morgan fingerprint density at radius 1 is 1.47 bits per heavy atom. The third kappa shape index (κ3) is 3.81. The molecule has 0 radical (unpaired) electrons. The summed E-state index contributed by atoms with van der Waals surface area (Å²) >= 11 is 0. The molecule has 6 heteroatoms. The highest BCUT2D eigenvalue weighted by molar-refractivity contribution is 5.77. The lowest BCUT2D eigenvalue weighted by molar-refractivity contribution is -0.132. The van der Waals surface area contributed by atoms with Gasteiger partial charge >= 0.3 is 0 Å². The van der Waals surface area contributed by atoms with Gasteiger partial charge in [-0.2, -0.15) is 0 Å². The van der Waals surface area contributed by atoms with Crippen molar-refractivity contribution in [3.05, 3.63) is 12.4 Å². The maximum absolute atomic E-state index is 11.4. The fourth-order valence-corrected chi connectivity index (χ4v) is 2.06. The van der Waals surface area contributed by atoms with Gasteiger partial charge in [0.15, 0.2) is 0 Å². The van der Waals surface area contributed by atoms with Crippen molar-refractivity contribution in [2.24, 2.45) is 0 Å². The van der Waals surface area contributed by atoms with Gasteiger partial charge in [0.2, 0.25) is 11.8 Å². The second kappa shape index (κ2) is 5.86. The van der Waals surface area contributed by atoms with E-state index in [4.69, 9.17) is 4.74 Å². The predicted molar refractivity (Wildman–Crippen MR) is 72.1 cm³/mol. The molecule has 1 unspecified atom stereocenters. The molecule has 1 aliphatic heterocycles. The number of anilines is 1. The molecule has 1 aliphatic rings. The number of nitrogens with zero attached hydrogens (tertiary/aromatic N) is 3. The molecule has 0 aromatic carbocycles. The second-order valence-corrected chi connectivity index (χ2v) is 5.06. The Labute approximate surface area is 113 Å². The van der Waals surface area contributed by atoms with E-state index in [0.717, 1.165) is 12.2 Å². The van der Waals surface area contributed by atoms with Crippen LogP contribution in [0.2, 0.25) is 0 Å². The number of aromatic nitrogens is 2. The van der Waals surface area contributed by atoms with Crippen LogP contribution in [0.1, 0.15) is 26.7 Å². The quantitative estimate of drug-likeness (QED) is 0.887. The predicted octanol–water partition coefficient (Wildman–Crippen LogP) is 1.30. The number of hydrogen-bond donors (Lipinski definition) is 1. The molecule has 1 saturated heterocycles. The minimum Gasteiger partial charge on any atom is -0.475 e. The van der Waals surface area contributed by atoms with E-state index in [1.807, 2.05) is 20.9 Å². The fraction of sp³-hybridized carbons (Fsp3) is 0.615. The Hall–Kier alpha value is -1.85. The van der Waals surface area contributed by atoms with Crippen LogP contribution >= 0.6 is 0 Å². The number of carbonyl (C=O) groups is 1. The van der Waals surface area contributed by atoms with Crippen LogP contribution in [0.5, 0.6) is 5.88 Å². The number of nitrogens with one attached hydrogen (secondary N) is 1. The second-order valence-electron chi connectivity index (χ2n) is 5.06. The molecule has 2 rings (SSSR count). The highest BCUT2D eigenvalue weighted by Gasteiger charge is 2.22. The van der Waals surface area contributed by atoms with Crippen LogP contribution in [-0.2, 0) is 4.79 Å². The van der Waals surface area contributed by atoms with E-state index in [0.29, 0.717) is 18.8 Å². The molecule has 0 bridgehead atoms. The topological polar surface area (TPSA) is 67.3 Å². The third-order valence-electron chi connectivity index (χ3n) is 2.98. The van der Waals surface area contributed by atoms with Crippen LogP contribution in [-0.4, -0.2) is 46.5 Å². The number of amides is 1. The van der Waals surface area contributed by atoms with Crippen molar-refractivity contribution in [3.8, 4) is 5.88 Å². The lowest BCUT2D eigenvalue weighted by atomic mass is 10.1. The van der Waals surface area contributed by atoms with Gasteiger partial charge in [-0.15, -0.1) is 0 Å². The van der Waals surface area contributed by atoms with Crippen LogP contribution in [0.3, 0.4) is 0 Å². The SMILES string of the molecule is CC(C)Oc1cc(NC2CCC(=O)N(C)C2)ncn1. The molecule has 1 fully saturated rings. The number of likely N-dealkylation sites (N-methyl/N-ethyl adjacent to an activating group) is 1. The molecular formula is C13H20N4O2. The van der Waals surface area contributed by atoms with Crippen molar-refractivity contribution in [1.29, 1.82) is 0 Å². The standard InChI is InChI=1S/C13H20N4O2/c1-9(2)19-12-6-11(14-8-15-12)16-10-4-5-13(18)17(3)7-10/h6,8-10H,4-5,7H2,1-3H3,(H,14,15,16). The zero-order valence-corrected chi connectivity index (χ0v) is 11.6. The Morgan fingerprint density at radius 3 is 2.95 bits per heavy atom. The summed E-state index contributed by atoms with van der Waals surface area (Å²) in [4.78, 5) is 21.4. The largest absolute Gasteiger partial charge is 0.475 e. The molecule has 1 atom stereocenters. The highest BCUT2D eigenvalue weighted by Crippen LogP contribution is 2.17. The smallest absolute Gasteiger partial charge is 0.222 e. The number of rotatable bonds is 4. The Morgan fingerprint density at radius 2 is 2.26 bits per heavy atom. The van der Waals surface area contributed by atoms with Crippen LogP contribution in [0.25, 0.3) is 0 Å². The van der Waals surface area contributed by atoms with Crippen molar-refractivity contribution < 1.29 is 9.53 Å². The highest BCUT2D eigenvalue weighted by atomic mass is 16.5.